The Morgan fingerprint density at radius 1 is 0.889 bits per heavy atom. The van der Waals surface area contributed by atoms with Crippen molar-refractivity contribution in [1.29, 1.82) is 0 Å². The Hall–Kier alpha value is -2.28. The number of rotatable bonds is 7. The minimum absolute atomic E-state index is 0.0545. The van der Waals surface area contributed by atoms with Crippen LogP contribution in [0.25, 0.3) is 0 Å². The van der Waals surface area contributed by atoms with E-state index in [-0.39, 0.29) is 32.1 Å². The van der Waals surface area contributed by atoms with Gasteiger partial charge in [-0.1, -0.05) is 76.7 Å². The first-order chi connectivity index (χ1) is 17.3. The van der Waals surface area contributed by atoms with Crippen LogP contribution in [0, 0.1) is 0 Å². The van der Waals surface area contributed by atoms with E-state index in [1.54, 1.807) is 59.5 Å². The summed E-state index contributed by atoms with van der Waals surface area (Å²) in [7, 11) is 0. The summed E-state index contributed by atoms with van der Waals surface area (Å²) in [4.78, 5) is 27.5. The van der Waals surface area contributed by atoms with Gasteiger partial charge in [-0.25, -0.2) is 4.79 Å². The topological polar surface area (TPSA) is 55.8 Å². The average Bonchev–Trinajstić information content (AvgIpc) is 2.88. The Labute approximate surface area is 229 Å². The summed E-state index contributed by atoms with van der Waals surface area (Å²) in [5.74, 6) is -0.573. The zero-order valence-electron chi connectivity index (χ0n) is 19.2. The SMILES string of the molecule is O=C(OCCC1(c2ccc(Cl)c(Cl)c2)CN(C(=O)Cc2c(Cl)cccc2Cl)CCO1)c1ccccc1. The molecule has 0 N–H and O–H groups in total. The monoisotopic (exact) mass is 565 g/mol. The molecule has 1 heterocycles. The van der Waals surface area contributed by atoms with Crippen LogP contribution in [0.5, 0.6) is 0 Å². The number of carbonyl (C=O) groups excluding carboxylic acids is 2. The Bertz CT molecular complexity index is 1230. The van der Waals surface area contributed by atoms with Gasteiger partial charge in [0.05, 0.1) is 41.8 Å². The predicted octanol–water partition coefficient (Wildman–Crippen LogP) is 6.84. The fourth-order valence-corrected chi connectivity index (χ4v) is 5.01. The zero-order chi connectivity index (χ0) is 25.7. The number of carbonyl (C=O) groups is 2. The molecule has 188 valence electrons. The third-order valence-electron chi connectivity index (χ3n) is 6.12. The molecule has 1 atom stereocenters. The first-order valence-electron chi connectivity index (χ1n) is 11.3. The molecule has 1 aliphatic rings. The first kappa shape index (κ1) is 26.8. The summed E-state index contributed by atoms with van der Waals surface area (Å²) in [6.45, 7) is 0.990. The predicted molar refractivity (Wildman–Crippen MR) is 142 cm³/mol. The minimum Gasteiger partial charge on any atom is -0.462 e. The highest BCUT2D eigenvalue weighted by Gasteiger charge is 2.40. The summed E-state index contributed by atoms with van der Waals surface area (Å²) < 4.78 is 11.8. The van der Waals surface area contributed by atoms with Gasteiger partial charge in [0.1, 0.15) is 5.60 Å². The van der Waals surface area contributed by atoms with Gasteiger partial charge in [-0.3, -0.25) is 4.79 Å². The van der Waals surface area contributed by atoms with Crippen LogP contribution in [-0.4, -0.2) is 43.1 Å². The largest absolute Gasteiger partial charge is 0.462 e. The second-order valence-corrected chi connectivity index (χ2v) is 10.0. The van der Waals surface area contributed by atoms with Crippen molar-refractivity contribution >= 4 is 58.3 Å². The third-order valence-corrected chi connectivity index (χ3v) is 7.57. The van der Waals surface area contributed by atoms with E-state index < -0.39 is 11.6 Å². The number of benzene rings is 3. The quantitative estimate of drug-likeness (QED) is 0.294. The van der Waals surface area contributed by atoms with Crippen molar-refractivity contribution in [2.24, 2.45) is 0 Å². The number of hydrogen-bond acceptors (Lipinski definition) is 4. The van der Waals surface area contributed by atoms with Crippen LogP contribution >= 0.6 is 46.4 Å². The van der Waals surface area contributed by atoms with Crippen molar-refractivity contribution in [2.45, 2.75) is 18.4 Å². The highest BCUT2D eigenvalue weighted by molar-refractivity contribution is 6.42. The molecule has 1 fully saturated rings. The molecule has 0 spiro atoms. The Morgan fingerprint density at radius 2 is 1.61 bits per heavy atom. The molecule has 1 aliphatic heterocycles. The Morgan fingerprint density at radius 3 is 2.31 bits per heavy atom. The van der Waals surface area contributed by atoms with Crippen LogP contribution in [0.2, 0.25) is 20.1 Å². The highest BCUT2D eigenvalue weighted by Crippen LogP contribution is 2.37. The van der Waals surface area contributed by atoms with Crippen LogP contribution in [0.4, 0.5) is 0 Å². The normalized spacial score (nSPS) is 17.6. The van der Waals surface area contributed by atoms with E-state index in [0.717, 1.165) is 5.56 Å². The second kappa shape index (κ2) is 11.8. The van der Waals surface area contributed by atoms with Crippen LogP contribution in [0.15, 0.2) is 66.7 Å². The van der Waals surface area contributed by atoms with Crippen molar-refractivity contribution in [3.63, 3.8) is 0 Å². The van der Waals surface area contributed by atoms with Gasteiger partial charge < -0.3 is 14.4 Å². The van der Waals surface area contributed by atoms with Gasteiger partial charge in [0, 0.05) is 23.0 Å². The summed E-state index contributed by atoms with van der Waals surface area (Å²) >= 11 is 25.0. The van der Waals surface area contributed by atoms with Crippen molar-refractivity contribution in [3.05, 3.63) is 104 Å². The van der Waals surface area contributed by atoms with E-state index in [1.807, 2.05) is 12.1 Å². The van der Waals surface area contributed by atoms with E-state index in [1.165, 1.54) is 0 Å². The number of hydrogen-bond donors (Lipinski definition) is 0. The molecule has 0 aliphatic carbocycles. The smallest absolute Gasteiger partial charge is 0.338 e. The molecular formula is C27H23Cl4NO4. The summed E-state index contributed by atoms with van der Waals surface area (Å²) in [6, 6.07) is 19.1. The summed E-state index contributed by atoms with van der Waals surface area (Å²) in [5.41, 5.74) is 0.817. The van der Waals surface area contributed by atoms with Gasteiger partial charge in [0.25, 0.3) is 0 Å². The van der Waals surface area contributed by atoms with E-state index in [0.29, 0.717) is 44.2 Å². The number of ether oxygens (including phenoxy) is 2. The number of esters is 1. The van der Waals surface area contributed by atoms with Gasteiger partial charge in [0.2, 0.25) is 5.91 Å². The number of nitrogens with zero attached hydrogens (tertiary/aromatic N) is 1. The lowest BCUT2D eigenvalue weighted by Gasteiger charge is -2.43. The number of amides is 1. The minimum atomic E-state index is -0.955. The van der Waals surface area contributed by atoms with Gasteiger partial charge in [0.15, 0.2) is 0 Å². The van der Waals surface area contributed by atoms with Crippen LogP contribution in [-0.2, 0) is 26.3 Å². The third kappa shape index (κ3) is 6.16. The summed E-state index contributed by atoms with van der Waals surface area (Å²) in [5, 5.41) is 1.65. The number of halogens is 4. The number of morpholine rings is 1. The van der Waals surface area contributed by atoms with Gasteiger partial charge in [-0.05, 0) is 47.5 Å². The molecule has 36 heavy (non-hydrogen) atoms. The fourth-order valence-electron chi connectivity index (χ4n) is 4.18. The maximum absolute atomic E-state index is 13.3. The molecule has 5 nitrogen and oxygen atoms in total. The highest BCUT2D eigenvalue weighted by atomic mass is 35.5. The van der Waals surface area contributed by atoms with Gasteiger partial charge in [-0.15, -0.1) is 0 Å². The van der Waals surface area contributed by atoms with E-state index >= 15 is 0 Å². The summed E-state index contributed by atoms with van der Waals surface area (Å²) in [6.07, 6.45) is 0.360. The van der Waals surface area contributed by atoms with Crippen molar-refractivity contribution in [2.75, 3.05) is 26.3 Å². The van der Waals surface area contributed by atoms with Crippen molar-refractivity contribution < 1.29 is 19.1 Å². The first-order valence-corrected chi connectivity index (χ1v) is 12.8. The molecule has 0 bridgehead atoms. The van der Waals surface area contributed by atoms with Crippen LogP contribution in [0.1, 0.15) is 27.9 Å². The second-order valence-electron chi connectivity index (χ2n) is 8.42. The molecule has 0 radical (unpaired) electrons. The standard InChI is InChI=1S/C27H23Cl4NO4/c28-21-7-4-8-22(29)20(21)16-25(33)32-12-14-36-27(17-32,19-9-10-23(30)24(31)15-19)11-13-35-26(34)18-5-2-1-3-6-18/h1-10,15H,11-14,16-17H2. The van der Waals surface area contributed by atoms with Crippen LogP contribution in [0.3, 0.4) is 0 Å². The van der Waals surface area contributed by atoms with Crippen molar-refractivity contribution in [3.8, 4) is 0 Å². The van der Waals surface area contributed by atoms with E-state index in [2.05, 4.69) is 0 Å². The molecule has 1 amide bonds. The maximum atomic E-state index is 13.3. The van der Waals surface area contributed by atoms with Gasteiger partial charge >= 0.3 is 5.97 Å². The molecule has 0 aromatic heterocycles. The Kier molecular flexibility index (Phi) is 8.81. The molecule has 3 aromatic rings. The maximum Gasteiger partial charge on any atom is 0.338 e. The lowest BCUT2D eigenvalue weighted by molar-refractivity contribution is -0.155. The molecule has 0 saturated carbocycles. The average molecular weight is 567 g/mol. The van der Waals surface area contributed by atoms with Crippen LogP contribution < -0.4 is 0 Å². The molecule has 9 heteroatoms. The molecule has 1 saturated heterocycles. The lowest BCUT2D eigenvalue weighted by atomic mass is 9.88. The molecular weight excluding hydrogens is 544 g/mol. The van der Waals surface area contributed by atoms with Gasteiger partial charge in [-0.2, -0.15) is 0 Å². The van der Waals surface area contributed by atoms with E-state index in [9.17, 15) is 9.59 Å². The van der Waals surface area contributed by atoms with E-state index in [4.69, 9.17) is 55.9 Å². The molecule has 3 aromatic carbocycles. The zero-order valence-corrected chi connectivity index (χ0v) is 22.2. The van der Waals surface area contributed by atoms with Crippen molar-refractivity contribution in [1.82, 2.24) is 4.90 Å². The molecule has 1 unspecified atom stereocenters. The Balaban J connectivity index is 1.55. The lowest BCUT2D eigenvalue weighted by Crippen LogP contribution is -2.52. The molecule has 4 rings (SSSR count). The fraction of sp³-hybridized carbons (Fsp3) is 0.259.